The summed E-state index contributed by atoms with van der Waals surface area (Å²) in [5, 5.41) is 2.36. The fourth-order valence-electron chi connectivity index (χ4n) is 4.61. The van der Waals surface area contributed by atoms with Gasteiger partial charge in [-0.1, -0.05) is 73.8 Å². The summed E-state index contributed by atoms with van der Waals surface area (Å²) >= 11 is 5.96. The van der Waals surface area contributed by atoms with Crippen LogP contribution in [0.25, 0.3) is 21.9 Å². The summed E-state index contributed by atoms with van der Waals surface area (Å²) in [5.74, 6) is 1.39. The molecule has 3 aromatic carbocycles. The van der Waals surface area contributed by atoms with Crippen molar-refractivity contribution in [3.63, 3.8) is 0 Å². The third kappa shape index (κ3) is 3.89. The van der Waals surface area contributed by atoms with E-state index in [0.717, 1.165) is 16.9 Å². The first-order valence-corrected chi connectivity index (χ1v) is 10.5. The minimum absolute atomic E-state index is 0.145. The lowest BCUT2D eigenvalue weighted by Gasteiger charge is -2.28. The van der Waals surface area contributed by atoms with Crippen LogP contribution in [0, 0.1) is 11.7 Å². The van der Waals surface area contributed by atoms with Crippen molar-refractivity contribution in [2.75, 3.05) is 0 Å². The molecule has 0 unspecified atom stereocenters. The van der Waals surface area contributed by atoms with Crippen molar-refractivity contribution in [3.8, 4) is 11.1 Å². The molecule has 0 spiro atoms. The molecular formula is C25H26ClF. The molecule has 140 valence electrons. The van der Waals surface area contributed by atoms with Crippen LogP contribution in [0.4, 0.5) is 4.39 Å². The molecule has 1 fully saturated rings. The highest BCUT2D eigenvalue weighted by atomic mass is 35.5. The van der Waals surface area contributed by atoms with Gasteiger partial charge in [0.05, 0.1) is 0 Å². The van der Waals surface area contributed by atoms with E-state index < -0.39 is 0 Å². The van der Waals surface area contributed by atoms with E-state index in [-0.39, 0.29) is 5.82 Å². The van der Waals surface area contributed by atoms with E-state index in [2.05, 4.69) is 25.1 Å². The lowest BCUT2D eigenvalue weighted by molar-refractivity contribution is 0.308. The van der Waals surface area contributed by atoms with Gasteiger partial charge in [0.2, 0.25) is 0 Å². The molecule has 0 bridgehead atoms. The highest BCUT2D eigenvalue weighted by Gasteiger charge is 2.22. The van der Waals surface area contributed by atoms with Gasteiger partial charge in [-0.15, -0.1) is 0 Å². The Morgan fingerprint density at radius 1 is 0.926 bits per heavy atom. The topological polar surface area (TPSA) is 0 Å². The number of fused-ring (bicyclic) bond motifs is 1. The summed E-state index contributed by atoms with van der Waals surface area (Å²) in [6.07, 6.45) is 7.85. The monoisotopic (exact) mass is 380 g/mol. The molecule has 1 aliphatic rings. The van der Waals surface area contributed by atoms with E-state index in [1.165, 1.54) is 44.1 Å². The Labute approximate surface area is 166 Å². The Kier molecular flexibility index (Phi) is 5.50. The molecule has 0 amide bonds. The summed E-state index contributed by atoms with van der Waals surface area (Å²) in [6.45, 7) is 2.28. The van der Waals surface area contributed by atoms with Crippen molar-refractivity contribution in [1.82, 2.24) is 0 Å². The van der Waals surface area contributed by atoms with Crippen molar-refractivity contribution in [2.24, 2.45) is 5.92 Å². The maximum absolute atomic E-state index is 15.1. The number of halogens is 2. The van der Waals surface area contributed by atoms with Gasteiger partial charge in [0, 0.05) is 16.0 Å². The molecule has 3 aromatic rings. The second-order valence-electron chi connectivity index (χ2n) is 7.92. The third-order valence-corrected chi connectivity index (χ3v) is 6.40. The van der Waals surface area contributed by atoms with Crippen LogP contribution in [0.15, 0.2) is 54.6 Å². The summed E-state index contributed by atoms with van der Waals surface area (Å²) in [7, 11) is 0. The van der Waals surface area contributed by atoms with E-state index >= 15 is 4.39 Å². The number of rotatable bonds is 4. The van der Waals surface area contributed by atoms with Crippen molar-refractivity contribution in [3.05, 3.63) is 71.0 Å². The average Bonchev–Trinajstić information content (AvgIpc) is 2.70. The van der Waals surface area contributed by atoms with Gasteiger partial charge in [-0.3, -0.25) is 0 Å². The minimum Gasteiger partial charge on any atom is -0.206 e. The normalized spacial score (nSPS) is 20.1. The zero-order chi connectivity index (χ0) is 18.8. The van der Waals surface area contributed by atoms with Gasteiger partial charge in [0.15, 0.2) is 0 Å². The molecule has 27 heavy (non-hydrogen) atoms. The van der Waals surface area contributed by atoms with Crippen LogP contribution in [-0.4, -0.2) is 0 Å². The lowest BCUT2D eigenvalue weighted by atomic mass is 9.77. The van der Waals surface area contributed by atoms with Crippen molar-refractivity contribution >= 4 is 22.4 Å². The molecule has 1 saturated carbocycles. The Bertz CT molecular complexity index is 921. The summed E-state index contributed by atoms with van der Waals surface area (Å²) in [4.78, 5) is 0. The van der Waals surface area contributed by atoms with Gasteiger partial charge in [-0.2, -0.15) is 0 Å². The second kappa shape index (κ2) is 8.02. The van der Waals surface area contributed by atoms with Crippen molar-refractivity contribution in [2.45, 2.75) is 51.4 Å². The summed E-state index contributed by atoms with van der Waals surface area (Å²) in [5.41, 5.74) is 2.86. The quantitative estimate of drug-likeness (QED) is 0.426. The van der Waals surface area contributed by atoms with E-state index in [4.69, 9.17) is 11.6 Å². The smallest absolute Gasteiger partial charge is 0.138 e. The maximum atomic E-state index is 15.1. The average molecular weight is 381 g/mol. The zero-order valence-corrected chi connectivity index (χ0v) is 16.6. The van der Waals surface area contributed by atoms with Gasteiger partial charge in [0.1, 0.15) is 5.82 Å². The molecule has 1 aliphatic carbocycles. The lowest BCUT2D eigenvalue weighted by Crippen LogP contribution is -2.13. The minimum atomic E-state index is -0.145. The van der Waals surface area contributed by atoms with E-state index in [1.54, 1.807) is 12.1 Å². The Morgan fingerprint density at radius 2 is 1.67 bits per heavy atom. The predicted molar refractivity (Wildman–Crippen MR) is 114 cm³/mol. The van der Waals surface area contributed by atoms with Gasteiger partial charge in [-0.25, -0.2) is 4.39 Å². The molecule has 0 radical (unpaired) electrons. The van der Waals surface area contributed by atoms with Gasteiger partial charge in [-0.05, 0) is 66.2 Å². The molecule has 0 heterocycles. The van der Waals surface area contributed by atoms with E-state index in [1.807, 2.05) is 24.3 Å². The van der Waals surface area contributed by atoms with E-state index in [0.29, 0.717) is 21.9 Å². The Hall–Kier alpha value is -1.86. The standard InChI is InChI=1S/C25H26ClF/c1-2-3-17-4-6-18(7-5-17)20-10-14-24-21(16-20)11-15-23(25(24)27)19-8-12-22(26)13-9-19/h8-18H,2-7H2,1H3. The fourth-order valence-corrected chi connectivity index (χ4v) is 4.74. The Balaban J connectivity index is 1.61. The number of benzene rings is 3. The fraction of sp³-hybridized carbons (Fsp3) is 0.360. The second-order valence-corrected chi connectivity index (χ2v) is 8.36. The van der Waals surface area contributed by atoms with Crippen LogP contribution >= 0.6 is 11.6 Å². The molecule has 0 saturated heterocycles. The largest absolute Gasteiger partial charge is 0.206 e. The third-order valence-electron chi connectivity index (χ3n) is 6.15. The summed E-state index contributed by atoms with van der Waals surface area (Å²) in [6, 6.07) is 17.6. The Morgan fingerprint density at radius 3 is 2.37 bits per heavy atom. The van der Waals surface area contributed by atoms with Crippen LogP contribution < -0.4 is 0 Å². The predicted octanol–water partition coefficient (Wildman–Crippen LogP) is 8.37. The SMILES string of the molecule is CCCC1CCC(c2ccc3c(F)c(-c4ccc(Cl)cc4)ccc3c2)CC1. The van der Waals surface area contributed by atoms with Crippen LogP contribution in [0.5, 0.6) is 0 Å². The van der Waals surface area contributed by atoms with Crippen molar-refractivity contribution < 1.29 is 4.39 Å². The summed E-state index contributed by atoms with van der Waals surface area (Å²) < 4.78 is 15.1. The molecule has 0 aliphatic heterocycles. The molecule has 0 atom stereocenters. The van der Waals surface area contributed by atoms with Crippen molar-refractivity contribution in [1.29, 1.82) is 0 Å². The molecular weight excluding hydrogens is 355 g/mol. The maximum Gasteiger partial charge on any atom is 0.138 e. The number of hydrogen-bond donors (Lipinski definition) is 0. The van der Waals surface area contributed by atoms with Gasteiger partial charge >= 0.3 is 0 Å². The zero-order valence-electron chi connectivity index (χ0n) is 15.8. The van der Waals surface area contributed by atoms with Crippen LogP contribution in [0.2, 0.25) is 5.02 Å². The first-order chi connectivity index (χ1) is 13.2. The van der Waals surface area contributed by atoms with E-state index in [9.17, 15) is 0 Å². The molecule has 0 aromatic heterocycles. The van der Waals surface area contributed by atoms with Gasteiger partial charge < -0.3 is 0 Å². The highest BCUT2D eigenvalue weighted by molar-refractivity contribution is 6.30. The molecule has 4 rings (SSSR count). The molecule has 2 heteroatoms. The molecule has 0 nitrogen and oxygen atoms in total. The van der Waals surface area contributed by atoms with Crippen LogP contribution in [0.1, 0.15) is 56.9 Å². The van der Waals surface area contributed by atoms with Gasteiger partial charge in [0.25, 0.3) is 0 Å². The number of hydrogen-bond acceptors (Lipinski definition) is 0. The highest BCUT2D eigenvalue weighted by Crippen LogP contribution is 2.39. The van der Waals surface area contributed by atoms with Crippen LogP contribution in [-0.2, 0) is 0 Å². The first-order valence-electron chi connectivity index (χ1n) is 10.1. The first kappa shape index (κ1) is 18.5. The molecule has 0 N–H and O–H groups in total. The van der Waals surface area contributed by atoms with Crippen LogP contribution in [0.3, 0.4) is 0 Å².